The molecule has 7 nitrogen and oxygen atoms in total. The Morgan fingerprint density at radius 3 is 2.36 bits per heavy atom. The lowest BCUT2D eigenvalue weighted by Crippen LogP contribution is -2.60. The number of hydrogen-bond donors (Lipinski definition) is 1. The fraction of sp³-hybridized carbons (Fsp3) is 0.500. The highest BCUT2D eigenvalue weighted by Crippen LogP contribution is 2.35. The van der Waals surface area contributed by atoms with Crippen LogP contribution in [0.1, 0.15) is 49.0 Å². The molecule has 0 aromatic heterocycles. The smallest absolute Gasteiger partial charge is 0.253 e. The molecule has 0 aliphatic carbocycles. The van der Waals surface area contributed by atoms with E-state index >= 15 is 0 Å². The van der Waals surface area contributed by atoms with Gasteiger partial charge in [-0.25, -0.2) is 4.39 Å². The summed E-state index contributed by atoms with van der Waals surface area (Å²) < 4.78 is 24.1. The van der Waals surface area contributed by atoms with Crippen LogP contribution in [0.5, 0.6) is 11.5 Å². The maximum absolute atomic E-state index is 13.5. The molecule has 36 heavy (non-hydrogen) atoms. The highest BCUT2D eigenvalue weighted by molar-refractivity contribution is 5.94. The van der Waals surface area contributed by atoms with Crippen molar-refractivity contribution in [2.24, 2.45) is 5.92 Å². The third-order valence-electron chi connectivity index (χ3n) is 7.27. The fourth-order valence-corrected chi connectivity index (χ4v) is 5.36. The third kappa shape index (κ3) is 5.33. The fourth-order valence-electron chi connectivity index (χ4n) is 5.36. The molecule has 2 heterocycles. The van der Waals surface area contributed by atoms with Crippen LogP contribution in [-0.2, 0) is 11.2 Å². The van der Waals surface area contributed by atoms with Crippen molar-refractivity contribution in [2.45, 2.75) is 51.2 Å². The number of nitrogens with one attached hydrogen (secondary N) is 1. The van der Waals surface area contributed by atoms with Gasteiger partial charge >= 0.3 is 0 Å². The quantitative estimate of drug-likeness (QED) is 0.600. The summed E-state index contributed by atoms with van der Waals surface area (Å²) in [6.45, 7) is 5.87. The number of nitrogens with zero attached hydrogens (tertiary/aromatic N) is 2. The lowest BCUT2D eigenvalue weighted by Gasteiger charge is -2.44. The van der Waals surface area contributed by atoms with E-state index in [1.807, 2.05) is 23.1 Å². The predicted octanol–water partition coefficient (Wildman–Crippen LogP) is 3.86. The topological polar surface area (TPSA) is 71.1 Å². The molecule has 1 N–H and O–H groups in total. The minimum absolute atomic E-state index is 0.107. The van der Waals surface area contributed by atoms with Crippen molar-refractivity contribution in [3.63, 3.8) is 0 Å². The monoisotopic (exact) mass is 497 g/mol. The maximum Gasteiger partial charge on any atom is 0.253 e. The second kappa shape index (κ2) is 10.9. The van der Waals surface area contributed by atoms with Crippen LogP contribution in [0.15, 0.2) is 42.5 Å². The molecular weight excluding hydrogens is 461 g/mol. The summed E-state index contributed by atoms with van der Waals surface area (Å²) >= 11 is 0. The second-order valence-electron chi connectivity index (χ2n) is 10.1. The largest absolute Gasteiger partial charge is 0.493 e. The first-order valence-electron chi connectivity index (χ1n) is 12.6. The lowest BCUT2D eigenvalue weighted by molar-refractivity contribution is -0.133. The van der Waals surface area contributed by atoms with Gasteiger partial charge in [0.05, 0.1) is 25.9 Å². The first-order valence-corrected chi connectivity index (χ1v) is 12.6. The summed E-state index contributed by atoms with van der Waals surface area (Å²) in [6, 6.07) is 11.3. The molecule has 194 valence electrons. The van der Waals surface area contributed by atoms with Gasteiger partial charge < -0.3 is 19.3 Å². The number of ether oxygens (including phenoxy) is 2. The average Bonchev–Trinajstić information content (AvgIpc) is 3.12. The Balaban J connectivity index is 1.49. The molecule has 1 spiro atoms. The van der Waals surface area contributed by atoms with E-state index < -0.39 is 5.66 Å². The van der Waals surface area contributed by atoms with Crippen molar-refractivity contribution in [2.75, 3.05) is 33.9 Å². The van der Waals surface area contributed by atoms with Gasteiger partial charge in [0, 0.05) is 38.0 Å². The first kappa shape index (κ1) is 25.9. The van der Waals surface area contributed by atoms with E-state index in [-0.39, 0.29) is 23.7 Å². The minimum atomic E-state index is -0.479. The van der Waals surface area contributed by atoms with Crippen molar-refractivity contribution in [3.05, 3.63) is 59.4 Å². The summed E-state index contributed by atoms with van der Waals surface area (Å²) in [4.78, 5) is 30.3. The normalized spacial score (nSPS) is 19.3. The van der Waals surface area contributed by atoms with Crippen LogP contribution >= 0.6 is 0 Å². The highest BCUT2D eigenvalue weighted by Gasteiger charge is 2.51. The molecule has 2 saturated heterocycles. The van der Waals surface area contributed by atoms with Gasteiger partial charge in [0.15, 0.2) is 11.5 Å². The van der Waals surface area contributed by atoms with E-state index in [2.05, 4.69) is 19.2 Å². The Kier molecular flexibility index (Phi) is 7.83. The number of carbonyl (C=O) groups excluding carboxylic acids is 2. The molecule has 0 radical (unpaired) electrons. The first-order chi connectivity index (χ1) is 17.3. The van der Waals surface area contributed by atoms with Gasteiger partial charge in [0.1, 0.15) is 5.82 Å². The van der Waals surface area contributed by atoms with E-state index in [0.717, 1.165) is 12.0 Å². The molecule has 8 heteroatoms. The Labute approximate surface area is 212 Å². The summed E-state index contributed by atoms with van der Waals surface area (Å²) in [5, 5.41) is 3.67. The van der Waals surface area contributed by atoms with E-state index in [1.54, 1.807) is 19.1 Å². The minimum Gasteiger partial charge on any atom is -0.493 e. The summed E-state index contributed by atoms with van der Waals surface area (Å²) in [6.07, 6.45) is 2.74. The molecule has 0 saturated carbocycles. The molecule has 2 aliphatic rings. The zero-order valence-corrected chi connectivity index (χ0v) is 21.6. The van der Waals surface area contributed by atoms with Crippen LogP contribution in [0.4, 0.5) is 4.39 Å². The van der Waals surface area contributed by atoms with Crippen molar-refractivity contribution >= 4 is 11.8 Å². The highest BCUT2D eigenvalue weighted by atomic mass is 19.1. The van der Waals surface area contributed by atoms with Gasteiger partial charge in [-0.05, 0) is 60.7 Å². The summed E-state index contributed by atoms with van der Waals surface area (Å²) in [5.74, 6) is 1.38. The average molecular weight is 498 g/mol. The van der Waals surface area contributed by atoms with Crippen LogP contribution in [0.25, 0.3) is 0 Å². The van der Waals surface area contributed by atoms with Crippen molar-refractivity contribution < 1.29 is 23.5 Å². The molecule has 2 fully saturated rings. The Hall–Kier alpha value is -3.13. The SMILES string of the molecule is COc1ccc(CCN2C(=O)[C@H](CC(C)C)NC23CCN(C(=O)c2ccc(F)cc2)CC3)cc1OC. The number of hydrogen-bond acceptors (Lipinski definition) is 5. The number of amides is 2. The van der Waals surface area contributed by atoms with Crippen LogP contribution in [0.3, 0.4) is 0 Å². The van der Waals surface area contributed by atoms with Gasteiger partial charge in [-0.2, -0.15) is 0 Å². The number of rotatable bonds is 8. The number of halogens is 1. The molecule has 2 amide bonds. The van der Waals surface area contributed by atoms with Crippen molar-refractivity contribution in [1.82, 2.24) is 15.1 Å². The standard InChI is InChI=1S/C28H36FN3O4/c1-19(2)17-23-27(34)32(14-11-20-5-10-24(35-3)25(18-20)36-4)28(30-23)12-15-31(16-13-28)26(33)21-6-8-22(29)9-7-21/h5-10,18-19,23,30H,11-17H2,1-4H3/t23-/m0/s1. The molecule has 2 aromatic rings. The second-order valence-corrected chi connectivity index (χ2v) is 10.1. The summed E-state index contributed by atoms with van der Waals surface area (Å²) in [7, 11) is 3.22. The summed E-state index contributed by atoms with van der Waals surface area (Å²) in [5.41, 5.74) is 1.06. The molecule has 0 unspecified atom stereocenters. The molecule has 4 rings (SSSR count). The molecule has 2 aromatic carbocycles. The zero-order valence-electron chi connectivity index (χ0n) is 21.6. The third-order valence-corrected chi connectivity index (χ3v) is 7.27. The van der Waals surface area contributed by atoms with Crippen LogP contribution < -0.4 is 14.8 Å². The zero-order chi connectivity index (χ0) is 25.9. The van der Waals surface area contributed by atoms with E-state index in [4.69, 9.17) is 9.47 Å². The molecule has 0 bridgehead atoms. The van der Waals surface area contributed by atoms with Gasteiger partial charge in [-0.1, -0.05) is 19.9 Å². The van der Waals surface area contributed by atoms with Gasteiger partial charge in [-0.15, -0.1) is 0 Å². The van der Waals surface area contributed by atoms with Crippen LogP contribution in [0.2, 0.25) is 0 Å². The Morgan fingerprint density at radius 2 is 1.75 bits per heavy atom. The van der Waals surface area contributed by atoms with Gasteiger partial charge in [0.2, 0.25) is 5.91 Å². The number of benzene rings is 2. The Morgan fingerprint density at radius 1 is 1.08 bits per heavy atom. The predicted molar refractivity (Wildman–Crippen MR) is 136 cm³/mol. The van der Waals surface area contributed by atoms with Crippen LogP contribution in [-0.4, -0.2) is 67.2 Å². The van der Waals surface area contributed by atoms with Crippen molar-refractivity contribution in [1.29, 1.82) is 0 Å². The number of piperidine rings is 1. The molecular formula is C28H36FN3O4. The lowest BCUT2D eigenvalue weighted by atomic mass is 9.94. The van der Waals surface area contributed by atoms with Crippen molar-refractivity contribution in [3.8, 4) is 11.5 Å². The van der Waals surface area contributed by atoms with Crippen LogP contribution in [0, 0.1) is 11.7 Å². The van der Waals surface area contributed by atoms with E-state index in [0.29, 0.717) is 61.9 Å². The van der Waals surface area contributed by atoms with Gasteiger partial charge in [-0.3, -0.25) is 14.9 Å². The van der Waals surface area contributed by atoms with E-state index in [1.165, 1.54) is 24.3 Å². The molecule has 1 atom stereocenters. The Bertz CT molecular complexity index is 1080. The number of carbonyl (C=O) groups is 2. The van der Waals surface area contributed by atoms with E-state index in [9.17, 15) is 14.0 Å². The maximum atomic E-state index is 13.5. The van der Waals surface area contributed by atoms with Gasteiger partial charge in [0.25, 0.3) is 5.91 Å². The number of methoxy groups -OCH3 is 2. The number of likely N-dealkylation sites (tertiary alicyclic amines) is 1. The molecule has 2 aliphatic heterocycles.